The summed E-state index contributed by atoms with van der Waals surface area (Å²) in [7, 11) is 0. The van der Waals surface area contributed by atoms with Crippen LogP contribution < -0.4 is 20.4 Å². The maximum absolute atomic E-state index is 12.5. The van der Waals surface area contributed by atoms with Crippen LogP contribution in [0.25, 0.3) is 0 Å². The molecule has 2 aliphatic heterocycles. The van der Waals surface area contributed by atoms with Gasteiger partial charge in [0.05, 0.1) is 5.69 Å². The molecule has 0 bridgehead atoms. The number of hydrogen-bond donors (Lipinski definition) is 3. The molecule has 7 heteroatoms. The molecule has 2 heterocycles. The molecule has 3 aromatic carbocycles. The smallest absolute Gasteiger partial charge is 0.255 e. The number of rotatable bonds is 6. The summed E-state index contributed by atoms with van der Waals surface area (Å²) in [6, 6.07) is 18.5. The monoisotopic (exact) mass is 490 g/mol. The molecule has 0 saturated carbocycles. The fourth-order valence-corrected chi connectivity index (χ4v) is 4.96. The third kappa shape index (κ3) is 5.65. The van der Waals surface area contributed by atoms with Crippen LogP contribution >= 0.6 is 11.6 Å². The van der Waals surface area contributed by atoms with Crippen molar-refractivity contribution in [1.82, 2.24) is 0 Å². The molecular weight excluding hydrogens is 460 g/mol. The van der Waals surface area contributed by atoms with Crippen molar-refractivity contribution in [2.24, 2.45) is 0 Å². The number of anilines is 5. The van der Waals surface area contributed by atoms with E-state index in [1.54, 1.807) is 36.4 Å². The Kier molecular flexibility index (Phi) is 7.00. The number of phenolic OH excluding ortho intramolecular Hbond substituents is 1. The van der Waals surface area contributed by atoms with Gasteiger partial charge in [-0.2, -0.15) is 0 Å². The van der Waals surface area contributed by atoms with Gasteiger partial charge in [0, 0.05) is 65.6 Å². The number of hydrogen-bond acceptors (Lipinski definition) is 5. The maximum Gasteiger partial charge on any atom is 0.255 e. The van der Waals surface area contributed by atoms with Crippen LogP contribution in [-0.4, -0.2) is 37.2 Å². The molecule has 0 spiro atoms. The molecule has 2 aliphatic rings. The number of nitrogens with one attached hydrogen (secondary N) is 2. The van der Waals surface area contributed by atoms with E-state index in [0.29, 0.717) is 16.3 Å². The molecule has 2 saturated heterocycles. The quantitative estimate of drug-likeness (QED) is 0.338. The molecule has 0 aromatic heterocycles. The second-order valence-corrected chi connectivity index (χ2v) is 9.73. The summed E-state index contributed by atoms with van der Waals surface area (Å²) in [4.78, 5) is 17.4. The van der Waals surface area contributed by atoms with Crippen molar-refractivity contribution in [2.45, 2.75) is 32.1 Å². The van der Waals surface area contributed by atoms with Gasteiger partial charge in [0.2, 0.25) is 0 Å². The summed E-state index contributed by atoms with van der Waals surface area (Å²) in [5, 5.41) is 17.4. The number of piperidine rings is 1. The summed E-state index contributed by atoms with van der Waals surface area (Å²) in [5.74, 6) is -0.300. The number of carbonyl (C=O) groups is 1. The zero-order valence-electron chi connectivity index (χ0n) is 19.8. The van der Waals surface area contributed by atoms with Crippen LogP contribution in [0.1, 0.15) is 42.5 Å². The molecule has 1 amide bonds. The van der Waals surface area contributed by atoms with Crippen LogP contribution in [0.4, 0.5) is 28.4 Å². The predicted octanol–water partition coefficient (Wildman–Crippen LogP) is 6.63. The first-order chi connectivity index (χ1) is 17.0. The van der Waals surface area contributed by atoms with Crippen molar-refractivity contribution < 1.29 is 9.90 Å². The average Bonchev–Trinajstić information content (AvgIpc) is 3.42. The fourth-order valence-electron chi connectivity index (χ4n) is 4.84. The molecule has 0 radical (unpaired) electrons. The number of amides is 1. The van der Waals surface area contributed by atoms with Gasteiger partial charge in [-0.25, -0.2) is 0 Å². The third-order valence-electron chi connectivity index (χ3n) is 6.74. The van der Waals surface area contributed by atoms with Gasteiger partial charge in [0.1, 0.15) is 5.75 Å². The molecule has 6 nitrogen and oxygen atoms in total. The molecular formula is C28H31ClN4O2. The normalized spacial score (nSPS) is 15.8. The maximum atomic E-state index is 12.5. The van der Waals surface area contributed by atoms with Crippen LogP contribution in [-0.2, 0) is 0 Å². The summed E-state index contributed by atoms with van der Waals surface area (Å²) < 4.78 is 0. The molecule has 0 aliphatic carbocycles. The lowest BCUT2D eigenvalue weighted by Crippen LogP contribution is -2.29. The lowest BCUT2D eigenvalue weighted by Gasteiger charge is -2.31. The van der Waals surface area contributed by atoms with E-state index in [-0.39, 0.29) is 11.7 Å². The Hall–Kier alpha value is -3.38. The van der Waals surface area contributed by atoms with E-state index in [9.17, 15) is 9.90 Å². The predicted molar refractivity (Wildman–Crippen MR) is 145 cm³/mol. The SMILES string of the molecule is O=C(Nc1ccc(Nc2cc(N3CCCCC3)cc(N3CCCC3)c2)cc1O)c1ccc(Cl)cc1. The molecule has 182 valence electrons. The first kappa shape index (κ1) is 23.4. The number of benzene rings is 3. The van der Waals surface area contributed by atoms with Crippen LogP contribution in [0, 0.1) is 0 Å². The molecule has 0 atom stereocenters. The molecule has 3 N–H and O–H groups in total. The highest BCUT2D eigenvalue weighted by Crippen LogP contribution is 2.34. The van der Waals surface area contributed by atoms with E-state index >= 15 is 0 Å². The number of nitrogens with zero attached hydrogens (tertiary/aromatic N) is 2. The minimum atomic E-state index is -0.304. The summed E-state index contributed by atoms with van der Waals surface area (Å²) in [6.07, 6.45) is 6.22. The highest BCUT2D eigenvalue weighted by molar-refractivity contribution is 6.30. The minimum absolute atomic E-state index is 0.00395. The Morgan fingerprint density at radius 1 is 0.743 bits per heavy atom. The fraction of sp³-hybridized carbons (Fsp3) is 0.321. The average molecular weight is 491 g/mol. The van der Waals surface area contributed by atoms with Gasteiger partial charge >= 0.3 is 0 Å². The highest BCUT2D eigenvalue weighted by atomic mass is 35.5. The van der Waals surface area contributed by atoms with Gasteiger partial charge in [-0.15, -0.1) is 0 Å². The molecule has 3 aromatic rings. The first-order valence-electron chi connectivity index (χ1n) is 12.4. The number of phenols is 1. The molecule has 35 heavy (non-hydrogen) atoms. The lowest BCUT2D eigenvalue weighted by molar-refractivity contribution is 0.102. The van der Waals surface area contributed by atoms with Crippen LogP contribution in [0.3, 0.4) is 0 Å². The van der Waals surface area contributed by atoms with Crippen LogP contribution in [0.15, 0.2) is 60.7 Å². The standard InChI is InChI=1S/C28H31ClN4O2/c29-21-8-6-20(7-9-21)28(35)31-26-11-10-22(18-27(26)34)30-23-16-24(32-12-2-1-3-13-32)19-25(17-23)33-14-4-5-15-33/h6-11,16-19,30,34H,1-5,12-15H2,(H,31,35). The van der Waals surface area contributed by atoms with Crippen molar-refractivity contribution in [2.75, 3.05) is 46.6 Å². The van der Waals surface area contributed by atoms with Gasteiger partial charge in [-0.1, -0.05) is 11.6 Å². The highest BCUT2D eigenvalue weighted by Gasteiger charge is 2.18. The summed E-state index contributed by atoms with van der Waals surface area (Å²) >= 11 is 5.90. The second kappa shape index (κ2) is 10.5. The first-order valence-corrected chi connectivity index (χ1v) is 12.7. The Balaban J connectivity index is 1.35. The van der Waals surface area contributed by atoms with E-state index in [0.717, 1.165) is 37.6 Å². The summed E-state index contributed by atoms with van der Waals surface area (Å²) in [6.45, 7) is 4.36. The molecule has 5 rings (SSSR count). The summed E-state index contributed by atoms with van der Waals surface area (Å²) in [5.41, 5.74) is 5.06. The number of aromatic hydroxyl groups is 1. The van der Waals surface area contributed by atoms with E-state index in [1.807, 2.05) is 6.07 Å². The number of halogens is 1. The Labute approximate surface area is 211 Å². The van der Waals surface area contributed by atoms with E-state index in [2.05, 4.69) is 38.6 Å². The number of carbonyl (C=O) groups excluding carboxylic acids is 1. The topological polar surface area (TPSA) is 67.8 Å². The van der Waals surface area contributed by atoms with E-state index in [4.69, 9.17) is 11.6 Å². The van der Waals surface area contributed by atoms with Crippen LogP contribution in [0.5, 0.6) is 5.75 Å². The van der Waals surface area contributed by atoms with Crippen molar-refractivity contribution in [3.63, 3.8) is 0 Å². The minimum Gasteiger partial charge on any atom is -0.506 e. The second-order valence-electron chi connectivity index (χ2n) is 9.30. The van der Waals surface area contributed by atoms with Crippen molar-refractivity contribution in [1.29, 1.82) is 0 Å². The third-order valence-corrected chi connectivity index (χ3v) is 6.99. The van der Waals surface area contributed by atoms with Gasteiger partial charge in [0.25, 0.3) is 5.91 Å². The zero-order valence-corrected chi connectivity index (χ0v) is 20.5. The Morgan fingerprint density at radius 3 is 1.94 bits per heavy atom. The largest absolute Gasteiger partial charge is 0.506 e. The van der Waals surface area contributed by atoms with Crippen molar-refractivity contribution in [3.8, 4) is 5.75 Å². The lowest BCUT2D eigenvalue weighted by atomic mass is 10.1. The molecule has 2 fully saturated rings. The van der Waals surface area contributed by atoms with Gasteiger partial charge in [-0.05, 0) is 86.7 Å². The Bertz CT molecular complexity index is 1190. The van der Waals surface area contributed by atoms with Crippen LogP contribution in [0.2, 0.25) is 5.02 Å². The van der Waals surface area contributed by atoms with Crippen molar-refractivity contribution >= 4 is 45.9 Å². The zero-order chi connectivity index (χ0) is 24.2. The van der Waals surface area contributed by atoms with Gasteiger partial charge < -0.3 is 25.5 Å². The van der Waals surface area contributed by atoms with E-state index < -0.39 is 0 Å². The van der Waals surface area contributed by atoms with Crippen molar-refractivity contribution in [3.05, 3.63) is 71.2 Å². The Morgan fingerprint density at radius 2 is 1.34 bits per heavy atom. The van der Waals surface area contributed by atoms with Gasteiger partial charge in [0.15, 0.2) is 0 Å². The molecule has 0 unspecified atom stereocenters. The van der Waals surface area contributed by atoms with Gasteiger partial charge in [-0.3, -0.25) is 4.79 Å². The van der Waals surface area contributed by atoms with E-state index in [1.165, 1.54) is 43.5 Å².